The standard InChI is InChI=1S/C44H55N3O7S/c1-5-24-52-44-41(55-35-19-16-32(17-20-35)46-30(4)50)27-39(47-53-6-2)37-25-31(13-7-9-22-48)36(15-8-10-23-49)42(43(37)44)38-26-34(18-21-40(38)54-44)51-28-33-14-11-12-29(3)45-33/h5,11-12,14,16-21,25-26,31,36,41-43,48-49H,1,6-10,13,15,22-24,27-28H2,2-4H3,(H,46,50)/t31-,36+,41-,42+,43+,44+/m0/s1. The lowest BCUT2D eigenvalue weighted by atomic mass is 9.56. The highest BCUT2D eigenvalue weighted by atomic mass is 32.2. The van der Waals surface area contributed by atoms with Gasteiger partial charge in [0.15, 0.2) is 0 Å². The van der Waals surface area contributed by atoms with Crippen molar-refractivity contribution in [2.75, 3.05) is 31.7 Å². The quantitative estimate of drug-likeness (QED) is 0.0625. The van der Waals surface area contributed by atoms with E-state index in [-0.39, 0.29) is 54.6 Å². The monoisotopic (exact) mass is 769 g/mol. The number of anilines is 1. The van der Waals surface area contributed by atoms with E-state index >= 15 is 0 Å². The molecule has 3 aliphatic rings. The van der Waals surface area contributed by atoms with Gasteiger partial charge in [0.05, 0.1) is 29.2 Å². The molecular formula is C44H55N3O7S. The summed E-state index contributed by atoms with van der Waals surface area (Å²) in [5, 5.41) is 27.1. The minimum atomic E-state index is -1.11. The molecule has 10 nitrogen and oxygen atoms in total. The Hall–Kier alpha value is -4.16. The maximum atomic E-state index is 11.8. The van der Waals surface area contributed by atoms with Crippen molar-refractivity contribution >= 4 is 29.1 Å². The number of nitrogens with zero attached hydrogens (tertiary/aromatic N) is 2. The van der Waals surface area contributed by atoms with Gasteiger partial charge < -0.3 is 34.6 Å². The van der Waals surface area contributed by atoms with Gasteiger partial charge in [0.25, 0.3) is 0 Å². The molecule has 0 bridgehead atoms. The molecule has 2 aliphatic carbocycles. The summed E-state index contributed by atoms with van der Waals surface area (Å²) in [7, 11) is 0. The van der Waals surface area contributed by atoms with Gasteiger partial charge in [-0.25, -0.2) is 0 Å². The Kier molecular flexibility index (Phi) is 14.1. The third-order valence-electron chi connectivity index (χ3n) is 10.7. The number of aliphatic hydroxyl groups excluding tert-OH is 2. The summed E-state index contributed by atoms with van der Waals surface area (Å²) < 4.78 is 20.7. The van der Waals surface area contributed by atoms with Gasteiger partial charge in [-0.15, -0.1) is 18.3 Å². The van der Waals surface area contributed by atoms with Crippen molar-refractivity contribution < 1.29 is 34.1 Å². The molecular weight excluding hydrogens is 715 g/mol. The van der Waals surface area contributed by atoms with Crippen LogP contribution in [0.25, 0.3) is 0 Å². The third-order valence-corrected chi connectivity index (χ3v) is 12.0. The number of carbonyl (C=O) groups excluding carboxylic acids is 1. The van der Waals surface area contributed by atoms with E-state index in [1.165, 1.54) is 6.92 Å². The lowest BCUT2D eigenvalue weighted by molar-refractivity contribution is -0.223. The number of allylic oxidation sites excluding steroid dienone is 1. The van der Waals surface area contributed by atoms with Gasteiger partial charge in [-0.1, -0.05) is 36.2 Å². The molecule has 2 aromatic carbocycles. The minimum Gasteiger partial charge on any atom is -0.487 e. The summed E-state index contributed by atoms with van der Waals surface area (Å²) in [5.41, 5.74) is 5.54. The van der Waals surface area contributed by atoms with Crippen LogP contribution in [0.4, 0.5) is 5.69 Å². The average Bonchev–Trinajstić information content (AvgIpc) is 3.18. The predicted molar refractivity (Wildman–Crippen MR) is 216 cm³/mol. The molecule has 11 heteroatoms. The number of thioether (sulfide) groups is 1. The molecule has 1 amide bonds. The van der Waals surface area contributed by atoms with Crippen LogP contribution in [-0.2, 0) is 21.0 Å². The molecule has 1 aromatic heterocycles. The maximum absolute atomic E-state index is 11.8. The van der Waals surface area contributed by atoms with Gasteiger partial charge in [-0.05, 0) is 112 Å². The molecule has 2 heterocycles. The number of pyridine rings is 1. The van der Waals surface area contributed by atoms with Crippen LogP contribution < -0.4 is 14.8 Å². The highest BCUT2D eigenvalue weighted by molar-refractivity contribution is 8.00. The number of hydrogen-bond donors (Lipinski definition) is 3. The number of oxime groups is 1. The van der Waals surface area contributed by atoms with E-state index in [4.69, 9.17) is 24.2 Å². The molecule has 3 N–H and O–H groups in total. The van der Waals surface area contributed by atoms with E-state index < -0.39 is 5.79 Å². The smallest absolute Gasteiger partial charge is 0.231 e. The Labute approximate surface area is 329 Å². The summed E-state index contributed by atoms with van der Waals surface area (Å²) in [5.74, 6) is 0.307. The number of nitrogens with one attached hydrogen (secondary N) is 1. The molecule has 55 heavy (non-hydrogen) atoms. The first-order chi connectivity index (χ1) is 26.8. The lowest BCUT2D eigenvalue weighted by Crippen LogP contribution is -2.64. The van der Waals surface area contributed by atoms with Gasteiger partial charge in [0.2, 0.25) is 11.7 Å². The Bertz CT molecular complexity index is 1830. The number of benzene rings is 2. The molecule has 0 radical (unpaired) electrons. The molecule has 1 aliphatic heterocycles. The molecule has 294 valence electrons. The third kappa shape index (κ3) is 9.45. The van der Waals surface area contributed by atoms with Crippen LogP contribution in [0.15, 0.2) is 95.0 Å². The topological polar surface area (TPSA) is 132 Å². The number of aromatic nitrogens is 1. The number of unbranched alkanes of at least 4 members (excludes halogenated alkanes) is 2. The molecule has 3 aromatic rings. The van der Waals surface area contributed by atoms with Crippen LogP contribution in [0.2, 0.25) is 0 Å². The van der Waals surface area contributed by atoms with E-state index in [0.717, 1.165) is 82.4 Å². The van der Waals surface area contributed by atoms with E-state index in [9.17, 15) is 15.0 Å². The van der Waals surface area contributed by atoms with E-state index in [1.54, 1.807) is 17.8 Å². The number of hydrogen-bond acceptors (Lipinski definition) is 10. The summed E-state index contributed by atoms with van der Waals surface area (Å²) in [6.45, 7) is 10.8. The molecule has 0 saturated heterocycles. The van der Waals surface area contributed by atoms with Crippen molar-refractivity contribution in [3.05, 3.63) is 102 Å². The maximum Gasteiger partial charge on any atom is 0.231 e. The molecule has 1 fully saturated rings. The van der Waals surface area contributed by atoms with Crippen LogP contribution in [0.5, 0.6) is 11.5 Å². The zero-order valence-electron chi connectivity index (χ0n) is 32.2. The van der Waals surface area contributed by atoms with Crippen LogP contribution >= 0.6 is 11.8 Å². The molecule has 0 spiro atoms. The highest BCUT2D eigenvalue weighted by Crippen LogP contribution is 2.63. The van der Waals surface area contributed by atoms with Crippen molar-refractivity contribution in [1.29, 1.82) is 0 Å². The number of carbonyl (C=O) groups is 1. The van der Waals surface area contributed by atoms with Crippen molar-refractivity contribution in [2.45, 2.75) is 94.2 Å². The number of aryl methyl sites for hydroxylation is 1. The van der Waals surface area contributed by atoms with Gasteiger partial charge in [-0.2, -0.15) is 0 Å². The number of aliphatic hydroxyl groups is 2. The second kappa shape index (κ2) is 19.1. The van der Waals surface area contributed by atoms with Crippen molar-refractivity contribution in [2.24, 2.45) is 22.9 Å². The summed E-state index contributed by atoms with van der Waals surface area (Å²) >= 11 is 1.67. The minimum absolute atomic E-state index is 0.0515. The van der Waals surface area contributed by atoms with E-state index in [1.807, 2.05) is 68.4 Å². The van der Waals surface area contributed by atoms with Gasteiger partial charge in [-0.3, -0.25) is 9.78 Å². The zero-order chi connectivity index (χ0) is 38.8. The first-order valence-corrected chi connectivity index (χ1v) is 20.5. The largest absolute Gasteiger partial charge is 0.487 e. The summed E-state index contributed by atoms with van der Waals surface area (Å²) in [6, 6.07) is 19.9. The fraction of sp³-hybridized carbons (Fsp3) is 0.477. The van der Waals surface area contributed by atoms with Crippen molar-refractivity contribution in [3.63, 3.8) is 0 Å². The van der Waals surface area contributed by atoms with Crippen LogP contribution in [0.3, 0.4) is 0 Å². The van der Waals surface area contributed by atoms with Gasteiger partial charge in [0, 0.05) is 54.3 Å². The van der Waals surface area contributed by atoms with Gasteiger partial charge in [0.1, 0.15) is 24.7 Å². The van der Waals surface area contributed by atoms with Crippen molar-refractivity contribution in [1.82, 2.24) is 4.98 Å². The number of ether oxygens (including phenoxy) is 3. The van der Waals surface area contributed by atoms with Gasteiger partial charge >= 0.3 is 0 Å². The number of amides is 1. The second-order valence-corrected chi connectivity index (χ2v) is 15.8. The fourth-order valence-electron chi connectivity index (χ4n) is 8.48. The van der Waals surface area contributed by atoms with Crippen LogP contribution in [0, 0.1) is 24.7 Å². The van der Waals surface area contributed by atoms with E-state index in [0.29, 0.717) is 26.1 Å². The molecule has 6 rings (SSSR count). The fourth-order valence-corrected chi connectivity index (χ4v) is 9.77. The SMILES string of the molecule is C=CCO[C@@]12Oc3ccc(OCc4cccc(C)n4)cc3[C@H]3[C@H](CCCCO)[C@@H](CCCCO)C=C(C(=NOCC)C[C@@H]1Sc1ccc(NC(C)=O)cc1)[C@H]32. The second-order valence-electron chi connectivity index (χ2n) is 14.5. The normalized spacial score (nSPS) is 24.6. The zero-order valence-corrected chi connectivity index (χ0v) is 33.1. The number of rotatable bonds is 19. The Morgan fingerprint density at radius 1 is 1.09 bits per heavy atom. The lowest BCUT2D eigenvalue weighted by Gasteiger charge is -2.58. The average molecular weight is 770 g/mol. The Morgan fingerprint density at radius 3 is 2.58 bits per heavy atom. The first-order valence-electron chi connectivity index (χ1n) is 19.6. The van der Waals surface area contributed by atoms with Crippen LogP contribution in [0.1, 0.15) is 81.7 Å². The molecule has 1 saturated carbocycles. The Morgan fingerprint density at radius 2 is 1.87 bits per heavy atom. The number of fused-ring (bicyclic) bond motifs is 2. The summed E-state index contributed by atoms with van der Waals surface area (Å²) in [4.78, 5) is 23.2. The molecule has 0 unspecified atom stereocenters. The molecule has 6 atom stereocenters. The van der Waals surface area contributed by atoms with Crippen molar-refractivity contribution in [3.8, 4) is 11.5 Å². The Balaban J connectivity index is 1.50. The summed E-state index contributed by atoms with van der Waals surface area (Å²) in [6.07, 6.45) is 9.70. The van der Waals surface area contributed by atoms with E-state index in [2.05, 4.69) is 29.0 Å². The predicted octanol–water partition coefficient (Wildman–Crippen LogP) is 8.37. The highest BCUT2D eigenvalue weighted by Gasteiger charge is 2.64. The van der Waals surface area contributed by atoms with Crippen LogP contribution in [-0.4, -0.2) is 64.3 Å². The first kappa shape index (κ1) is 40.5.